The highest BCUT2D eigenvalue weighted by atomic mass is 16.3. The van der Waals surface area contributed by atoms with Crippen molar-refractivity contribution in [1.82, 2.24) is 4.90 Å². The molecule has 0 bridgehead atoms. The number of nitrogens with zero attached hydrogens (tertiary/aromatic N) is 1. The summed E-state index contributed by atoms with van der Waals surface area (Å²) in [6.45, 7) is 2.61. The van der Waals surface area contributed by atoms with Crippen molar-refractivity contribution in [3.63, 3.8) is 0 Å². The lowest BCUT2D eigenvalue weighted by Crippen LogP contribution is -2.36. The molecule has 1 aromatic rings. The zero-order valence-corrected chi connectivity index (χ0v) is 10.5. The van der Waals surface area contributed by atoms with Gasteiger partial charge in [-0.1, -0.05) is 24.3 Å². The molecule has 2 rings (SSSR count). The number of aliphatic hydroxyl groups excluding tert-OH is 1. The minimum Gasteiger partial charge on any atom is -0.393 e. The second kappa shape index (κ2) is 5.63. The van der Waals surface area contributed by atoms with Crippen LogP contribution in [0.1, 0.15) is 24.0 Å². The molecule has 3 heteroatoms. The molecule has 0 aromatic heterocycles. The monoisotopic (exact) mass is 234 g/mol. The molecule has 1 aliphatic carbocycles. The lowest BCUT2D eigenvalue weighted by molar-refractivity contribution is 0.0273. The molecular weight excluding hydrogens is 212 g/mol. The molecule has 0 aliphatic heterocycles. The summed E-state index contributed by atoms with van der Waals surface area (Å²) >= 11 is 0. The Kier molecular flexibility index (Phi) is 4.15. The van der Waals surface area contributed by atoms with Crippen LogP contribution in [0.25, 0.3) is 0 Å². The quantitative estimate of drug-likeness (QED) is 0.808. The van der Waals surface area contributed by atoms with Crippen LogP contribution in [0.5, 0.6) is 0 Å². The normalized spacial score (nSPS) is 23.8. The molecule has 0 unspecified atom stereocenters. The summed E-state index contributed by atoms with van der Waals surface area (Å²) in [7, 11) is 2.14. The maximum Gasteiger partial charge on any atom is 0.0546 e. The zero-order chi connectivity index (χ0) is 12.3. The third kappa shape index (κ3) is 3.28. The van der Waals surface area contributed by atoms with Crippen molar-refractivity contribution in [2.75, 3.05) is 13.6 Å². The second-order valence-electron chi connectivity index (χ2n) is 5.16. The van der Waals surface area contributed by atoms with Crippen molar-refractivity contribution in [3.05, 3.63) is 35.4 Å². The smallest absolute Gasteiger partial charge is 0.0546 e. The number of hydrogen-bond donors (Lipinski definition) is 2. The molecule has 0 amide bonds. The molecule has 1 aromatic carbocycles. The number of benzene rings is 1. The van der Waals surface area contributed by atoms with E-state index in [1.54, 1.807) is 0 Å². The van der Waals surface area contributed by atoms with E-state index in [1.807, 2.05) is 6.07 Å². The average molecular weight is 234 g/mol. The maximum absolute atomic E-state index is 9.27. The molecule has 0 radical (unpaired) electrons. The molecule has 0 spiro atoms. The van der Waals surface area contributed by atoms with Gasteiger partial charge in [0.2, 0.25) is 0 Å². The lowest BCUT2D eigenvalue weighted by Gasteiger charge is -2.34. The van der Waals surface area contributed by atoms with Gasteiger partial charge in [0.1, 0.15) is 0 Å². The van der Waals surface area contributed by atoms with E-state index in [9.17, 15) is 5.11 Å². The fourth-order valence-electron chi connectivity index (χ4n) is 2.56. The molecule has 17 heavy (non-hydrogen) atoms. The van der Waals surface area contributed by atoms with Gasteiger partial charge < -0.3 is 15.7 Å². The van der Waals surface area contributed by atoms with Crippen LogP contribution in [-0.4, -0.2) is 29.7 Å². The van der Waals surface area contributed by atoms with Crippen LogP contribution in [-0.2, 0) is 13.1 Å². The zero-order valence-electron chi connectivity index (χ0n) is 10.5. The molecule has 1 fully saturated rings. The average Bonchev–Trinajstić information content (AvgIpc) is 2.27. The fraction of sp³-hybridized carbons (Fsp3) is 0.571. The molecule has 3 N–H and O–H groups in total. The summed E-state index contributed by atoms with van der Waals surface area (Å²) in [6.07, 6.45) is 1.87. The summed E-state index contributed by atoms with van der Waals surface area (Å²) in [5.41, 5.74) is 8.28. The number of hydrogen-bond acceptors (Lipinski definition) is 3. The standard InChI is InChI=1S/C14H22N2O/c1-16(9-11-6-14(17)7-11)10-13-5-3-2-4-12(13)8-15/h2-5,11,14,17H,6-10,15H2,1H3. The fourth-order valence-corrected chi connectivity index (χ4v) is 2.56. The summed E-state index contributed by atoms with van der Waals surface area (Å²) in [5.74, 6) is 0.667. The van der Waals surface area contributed by atoms with Crippen LogP contribution in [0, 0.1) is 5.92 Å². The Hall–Kier alpha value is -0.900. The Balaban J connectivity index is 1.86. The van der Waals surface area contributed by atoms with E-state index in [-0.39, 0.29) is 6.10 Å². The van der Waals surface area contributed by atoms with Crippen LogP contribution >= 0.6 is 0 Å². The molecular formula is C14H22N2O. The third-order valence-electron chi connectivity index (χ3n) is 3.56. The molecule has 1 saturated carbocycles. The summed E-state index contributed by atoms with van der Waals surface area (Å²) in [6, 6.07) is 8.34. The number of aliphatic hydroxyl groups is 1. The van der Waals surface area contributed by atoms with Crippen molar-refractivity contribution in [3.8, 4) is 0 Å². The lowest BCUT2D eigenvalue weighted by atomic mass is 9.82. The van der Waals surface area contributed by atoms with Gasteiger partial charge in [-0.15, -0.1) is 0 Å². The van der Waals surface area contributed by atoms with Crippen molar-refractivity contribution < 1.29 is 5.11 Å². The van der Waals surface area contributed by atoms with E-state index in [4.69, 9.17) is 5.73 Å². The minimum atomic E-state index is -0.0512. The van der Waals surface area contributed by atoms with Gasteiger partial charge in [0.15, 0.2) is 0 Å². The van der Waals surface area contributed by atoms with Gasteiger partial charge in [-0.3, -0.25) is 0 Å². The van der Waals surface area contributed by atoms with Gasteiger partial charge in [-0.25, -0.2) is 0 Å². The van der Waals surface area contributed by atoms with Crippen molar-refractivity contribution >= 4 is 0 Å². The first-order valence-corrected chi connectivity index (χ1v) is 6.32. The van der Waals surface area contributed by atoms with E-state index in [0.29, 0.717) is 12.5 Å². The molecule has 0 atom stereocenters. The Bertz CT molecular complexity index is 361. The highest BCUT2D eigenvalue weighted by Crippen LogP contribution is 2.28. The first-order chi connectivity index (χ1) is 8.19. The van der Waals surface area contributed by atoms with Crippen molar-refractivity contribution in [1.29, 1.82) is 0 Å². The third-order valence-corrected chi connectivity index (χ3v) is 3.56. The van der Waals surface area contributed by atoms with Crippen molar-refractivity contribution in [2.45, 2.75) is 32.0 Å². The SMILES string of the molecule is CN(Cc1ccccc1CN)CC1CC(O)C1. The predicted octanol–water partition coefficient (Wildman–Crippen LogP) is 1.35. The minimum absolute atomic E-state index is 0.0512. The van der Waals surface area contributed by atoms with Crippen LogP contribution in [0.15, 0.2) is 24.3 Å². The Morgan fingerprint density at radius 3 is 2.53 bits per heavy atom. The van der Waals surface area contributed by atoms with Crippen LogP contribution < -0.4 is 5.73 Å². The van der Waals surface area contributed by atoms with E-state index in [2.05, 4.69) is 30.1 Å². The maximum atomic E-state index is 9.27. The van der Waals surface area contributed by atoms with Gasteiger partial charge in [0.25, 0.3) is 0 Å². The van der Waals surface area contributed by atoms with E-state index >= 15 is 0 Å². The van der Waals surface area contributed by atoms with Crippen LogP contribution in [0.3, 0.4) is 0 Å². The van der Waals surface area contributed by atoms with Gasteiger partial charge in [-0.2, -0.15) is 0 Å². The summed E-state index contributed by atoms with van der Waals surface area (Å²) in [4.78, 5) is 2.32. The topological polar surface area (TPSA) is 49.5 Å². The molecule has 1 aliphatic rings. The van der Waals surface area contributed by atoms with Gasteiger partial charge in [0, 0.05) is 19.6 Å². The molecule has 3 nitrogen and oxygen atoms in total. The summed E-state index contributed by atoms with van der Waals surface area (Å²) < 4.78 is 0. The predicted molar refractivity (Wildman–Crippen MR) is 69.4 cm³/mol. The molecule has 0 saturated heterocycles. The Morgan fingerprint density at radius 2 is 1.94 bits per heavy atom. The Morgan fingerprint density at radius 1 is 1.29 bits per heavy atom. The molecule has 0 heterocycles. The highest BCUT2D eigenvalue weighted by Gasteiger charge is 2.27. The van der Waals surface area contributed by atoms with E-state index < -0.39 is 0 Å². The van der Waals surface area contributed by atoms with Gasteiger partial charge >= 0.3 is 0 Å². The highest BCUT2D eigenvalue weighted by molar-refractivity contribution is 5.26. The second-order valence-corrected chi connectivity index (χ2v) is 5.16. The van der Waals surface area contributed by atoms with Crippen LogP contribution in [0.4, 0.5) is 0 Å². The molecule has 94 valence electrons. The summed E-state index contributed by atoms with van der Waals surface area (Å²) in [5, 5.41) is 9.27. The Labute approximate surface area is 103 Å². The van der Waals surface area contributed by atoms with Gasteiger partial charge in [-0.05, 0) is 36.9 Å². The first kappa shape index (κ1) is 12.6. The van der Waals surface area contributed by atoms with Crippen LogP contribution in [0.2, 0.25) is 0 Å². The van der Waals surface area contributed by atoms with Crippen molar-refractivity contribution in [2.24, 2.45) is 11.7 Å². The number of rotatable bonds is 5. The first-order valence-electron chi connectivity index (χ1n) is 6.32. The largest absolute Gasteiger partial charge is 0.393 e. The van der Waals surface area contributed by atoms with Gasteiger partial charge in [0.05, 0.1) is 6.10 Å². The van der Waals surface area contributed by atoms with E-state index in [1.165, 1.54) is 11.1 Å². The van der Waals surface area contributed by atoms with E-state index in [0.717, 1.165) is 25.9 Å². The number of nitrogens with two attached hydrogens (primary N) is 1.